The van der Waals surface area contributed by atoms with Crippen LogP contribution in [0.2, 0.25) is 0 Å². The van der Waals surface area contributed by atoms with Crippen LogP contribution < -0.4 is 0 Å². The lowest BCUT2D eigenvalue weighted by Crippen LogP contribution is -2.28. The smallest absolute Gasteiger partial charge is 0.303 e. The van der Waals surface area contributed by atoms with Crippen molar-refractivity contribution in [3.63, 3.8) is 0 Å². The minimum Gasteiger partial charge on any atom is -0.481 e. The fourth-order valence-electron chi connectivity index (χ4n) is 2.42. The van der Waals surface area contributed by atoms with Crippen molar-refractivity contribution in [2.75, 3.05) is 6.54 Å². The van der Waals surface area contributed by atoms with Gasteiger partial charge in [-0.2, -0.15) is 4.91 Å². The Balaban J connectivity index is 2.56. The minimum absolute atomic E-state index is 0.141. The molecule has 0 aromatic rings. The van der Waals surface area contributed by atoms with Gasteiger partial charge in [-0.1, -0.05) is 24.4 Å². The van der Waals surface area contributed by atoms with Gasteiger partial charge in [0.05, 0.1) is 13.0 Å². The molecule has 0 saturated heterocycles. The van der Waals surface area contributed by atoms with E-state index in [0.717, 1.165) is 25.7 Å². The van der Waals surface area contributed by atoms with Crippen molar-refractivity contribution < 1.29 is 9.90 Å². The number of hydrogen-bond donors (Lipinski definition) is 1. The largest absolute Gasteiger partial charge is 0.481 e. The van der Waals surface area contributed by atoms with Crippen molar-refractivity contribution in [3.8, 4) is 0 Å². The van der Waals surface area contributed by atoms with E-state index in [2.05, 4.69) is 5.18 Å². The monoisotopic (exact) mass is 199 g/mol. The van der Waals surface area contributed by atoms with Gasteiger partial charge in [0.1, 0.15) is 0 Å². The van der Waals surface area contributed by atoms with Gasteiger partial charge in [-0.15, -0.1) is 0 Å². The Morgan fingerprint density at radius 2 is 1.93 bits per heavy atom. The first-order chi connectivity index (χ1) is 6.68. The lowest BCUT2D eigenvalue weighted by atomic mass is 9.70. The molecule has 0 aliphatic heterocycles. The van der Waals surface area contributed by atoms with E-state index in [0.29, 0.717) is 6.42 Å². The van der Waals surface area contributed by atoms with Crippen LogP contribution in [0.25, 0.3) is 0 Å². The van der Waals surface area contributed by atoms with Crippen molar-refractivity contribution in [1.82, 2.24) is 0 Å². The molecule has 0 bridgehead atoms. The molecular weight excluding hydrogens is 182 g/mol. The Labute approximate surface area is 83.7 Å². The van der Waals surface area contributed by atoms with Crippen molar-refractivity contribution >= 4 is 5.97 Å². The summed E-state index contributed by atoms with van der Waals surface area (Å²) in [5, 5.41) is 11.7. The zero-order chi connectivity index (χ0) is 10.4. The molecule has 0 atom stereocenters. The SMILES string of the molecule is O=NCCC1(CC(=O)O)CCCCC1. The predicted molar refractivity (Wildman–Crippen MR) is 53.0 cm³/mol. The zero-order valence-electron chi connectivity index (χ0n) is 8.37. The van der Waals surface area contributed by atoms with E-state index < -0.39 is 5.97 Å². The maximum atomic E-state index is 10.7. The molecule has 1 fully saturated rings. The number of carboxylic acid groups (broad SMARTS) is 1. The van der Waals surface area contributed by atoms with E-state index in [1.807, 2.05) is 0 Å². The summed E-state index contributed by atoms with van der Waals surface area (Å²) in [5.41, 5.74) is -0.141. The molecule has 1 rings (SSSR count). The minimum atomic E-state index is -0.752. The van der Waals surface area contributed by atoms with Crippen LogP contribution in [0.15, 0.2) is 5.18 Å². The van der Waals surface area contributed by atoms with Crippen molar-refractivity contribution in [2.24, 2.45) is 10.6 Å². The molecule has 0 aromatic heterocycles. The number of nitroso groups, excluding NO2 is 1. The highest BCUT2D eigenvalue weighted by Crippen LogP contribution is 2.42. The first-order valence-electron chi connectivity index (χ1n) is 5.19. The lowest BCUT2D eigenvalue weighted by molar-refractivity contribution is -0.140. The third kappa shape index (κ3) is 3.09. The van der Waals surface area contributed by atoms with Gasteiger partial charge < -0.3 is 5.11 Å². The Bertz CT molecular complexity index is 209. The maximum absolute atomic E-state index is 10.7. The summed E-state index contributed by atoms with van der Waals surface area (Å²) in [5.74, 6) is -0.752. The van der Waals surface area contributed by atoms with Crippen LogP contribution in [-0.2, 0) is 4.79 Å². The molecular formula is C10H17NO3. The molecule has 14 heavy (non-hydrogen) atoms. The van der Waals surface area contributed by atoms with E-state index in [4.69, 9.17) is 5.11 Å². The molecule has 0 spiro atoms. The molecule has 4 heteroatoms. The first-order valence-corrected chi connectivity index (χ1v) is 5.19. The van der Waals surface area contributed by atoms with Crippen LogP contribution >= 0.6 is 0 Å². The molecule has 4 nitrogen and oxygen atoms in total. The number of carboxylic acids is 1. The van der Waals surface area contributed by atoms with Crippen LogP contribution in [0.5, 0.6) is 0 Å². The predicted octanol–water partition coefficient (Wildman–Crippen LogP) is 2.57. The van der Waals surface area contributed by atoms with Crippen molar-refractivity contribution in [2.45, 2.75) is 44.9 Å². The fraction of sp³-hybridized carbons (Fsp3) is 0.900. The van der Waals surface area contributed by atoms with Crippen LogP contribution in [-0.4, -0.2) is 17.6 Å². The van der Waals surface area contributed by atoms with E-state index in [1.165, 1.54) is 6.42 Å². The molecule has 0 unspecified atom stereocenters. The number of carbonyl (C=O) groups is 1. The summed E-state index contributed by atoms with van der Waals surface area (Å²) in [6.45, 7) is 0.257. The quantitative estimate of drug-likeness (QED) is 0.692. The standard InChI is InChI=1S/C10H17NO3/c12-9(13)8-10(6-7-11-14)4-2-1-3-5-10/h1-8H2,(H,12,13). The number of nitrogens with zero attached hydrogens (tertiary/aromatic N) is 1. The van der Waals surface area contributed by atoms with Gasteiger partial charge in [0.25, 0.3) is 0 Å². The summed E-state index contributed by atoms with van der Waals surface area (Å²) in [6, 6.07) is 0. The average Bonchev–Trinajstić information content (AvgIpc) is 2.15. The van der Waals surface area contributed by atoms with Crippen LogP contribution in [0.4, 0.5) is 0 Å². The topological polar surface area (TPSA) is 66.7 Å². The molecule has 1 aliphatic rings. The zero-order valence-corrected chi connectivity index (χ0v) is 8.37. The Morgan fingerprint density at radius 3 is 2.43 bits per heavy atom. The average molecular weight is 199 g/mol. The maximum Gasteiger partial charge on any atom is 0.303 e. The third-order valence-corrected chi connectivity index (χ3v) is 3.17. The Hall–Kier alpha value is -0.930. The number of aliphatic carboxylic acids is 1. The van der Waals surface area contributed by atoms with Gasteiger partial charge in [0.15, 0.2) is 0 Å². The summed E-state index contributed by atoms with van der Waals surface area (Å²) < 4.78 is 0. The normalized spacial score (nSPS) is 20.3. The summed E-state index contributed by atoms with van der Waals surface area (Å²) in [6.07, 6.45) is 6.09. The van der Waals surface area contributed by atoms with E-state index in [1.54, 1.807) is 0 Å². The second-order valence-electron chi connectivity index (χ2n) is 4.23. The van der Waals surface area contributed by atoms with Gasteiger partial charge in [-0.3, -0.25) is 4.79 Å². The highest BCUT2D eigenvalue weighted by molar-refractivity contribution is 5.67. The molecule has 1 aliphatic carbocycles. The third-order valence-electron chi connectivity index (χ3n) is 3.17. The highest BCUT2D eigenvalue weighted by atomic mass is 16.4. The molecule has 0 aromatic carbocycles. The van der Waals surface area contributed by atoms with E-state index in [9.17, 15) is 9.70 Å². The molecule has 0 amide bonds. The molecule has 1 N–H and O–H groups in total. The van der Waals surface area contributed by atoms with Gasteiger partial charge in [-0.05, 0) is 24.7 Å². The summed E-state index contributed by atoms with van der Waals surface area (Å²) in [7, 11) is 0. The summed E-state index contributed by atoms with van der Waals surface area (Å²) >= 11 is 0. The first kappa shape index (κ1) is 11.1. The van der Waals surface area contributed by atoms with Crippen LogP contribution in [0.1, 0.15) is 44.9 Å². The lowest BCUT2D eigenvalue weighted by Gasteiger charge is -2.35. The Morgan fingerprint density at radius 1 is 1.29 bits per heavy atom. The Kier molecular flexibility index (Phi) is 4.04. The number of rotatable bonds is 5. The van der Waals surface area contributed by atoms with Gasteiger partial charge in [0.2, 0.25) is 0 Å². The van der Waals surface area contributed by atoms with Crippen molar-refractivity contribution in [3.05, 3.63) is 4.91 Å². The van der Waals surface area contributed by atoms with Gasteiger partial charge in [-0.25, -0.2) is 0 Å². The van der Waals surface area contributed by atoms with E-state index in [-0.39, 0.29) is 18.4 Å². The molecule has 0 heterocycles. The van der Waals surface area contributed by atoms with Crippen LogP contribution in [0, 0.1) is 10.3 Å². The molecule has 0 radical (unpaired) electrons. The second kappa shape index (κ2) is 5.08. The molecule has 1 saturated carbocycles. The fourth-order valence-corrected chi connectivity index (χ4v) is 2.42. The van der Waals surface area contributed by atoms with Gasteiger partial charge in [0, 0.05) is 0 Å². The van der Waals surface area contributed by atoms with Crippen molar-refractivity contribution in [1.29, 1.82) is 0 Å². The van der Waals surface area contributed by atoms with E-state index >= 15 is 0 Å². The summed E-state index contributed by atoms with van der Waals surface area (Å²) in [4.78, 5) is 20.8. The molecule has 80 valence electrons. The second-order valence-corrected chi connectivity index (χ2v) is 4.23. The highest BCUT2D eigenvalue weighted by Gasteiger charge is 2.33. The van der Waals surface area contributed by atoms with Crippen LogP contribution in [0.3, 0.4) is 0 Å². The number of hydrogen-bond acceptors (Lipinski definition) is 3. The van der Waals surface area contributed by atoms with Gasteiger partial charge >= 0.3 is 5.97 Å².